The number of aromatic nitrogens is 1. The second-order valence-electron chi connectivity index (χ2n) is 7.00. The molecule has 0 bridgehead atoms. The fourth-order valence-corrected chi connectivity index (χ4v) is 3.18. The van der Waals surface area contributed by atoms with Gasteiger partial charge >= 0.3 is 5.76 Å². The van der Waals surface area contributed by atoms with Crippen molar-refractivity contribution in [1.82, 2.24) is 9.88 Å². The number of benzene rings is 2. The molecular formula is C21H23N3O6. The molecule has 0 spiro atoms. The van der Waals surface area contributed by atoms with Crippen molar-refractivity contribution in [2.24, 2.45) is 0 Å². The number of amides is 1. The summed E-state index contributed by atoms with van der Waals surface area (Å²) in [5, 5.41) is 13.6. The Bertz CT molecular complexity index is 1130. The van der Waals surface area contributed by atoms with Crippen LogP contribution in [-0.4, -0.2) is 28.5 Å². The van der Waals surface area contributed by atoms with Crippen molar-refractivity contribution < 1.29 is 18.9 Å². The first kappa shape index (κ1) is 21.1. The van der Waals surface area contributed by atoms with Gasteiger partial charge in [-0.2, -0.15) is 0 Å². The summed E-state index contributed by atoms with van der Waals surface area (Å²) in [7, 11) is 0. The van der Waals surface area contributed by atoms with Crippen molar-refractivity contribution in [3.63, 3.8) is 0 Å². The number of carbonyl (C=O) groups excluding carboxylic acids is 1. The normalized spacial score (nSPS) is 10.9. The molecule has 0 atom stereocenters. The Labute approximate surface area is 172 Å². The Kier molecular flexibility index (Phi) is 6.51. The first-order valence-electron chi connectivity index (χ1n) is 9.59. The smallest absolute Gasteiger partial charge is 0.419 e. The number of rotatable bonds is 9. The lowest BCUT2D eigenvalue weighted by Gasteiger charge is -2.10. The van der Waals surface area contributed by atoms with Crippen LogP contribution in [-0.2, 0) is 11.3 Å². The number of nitro benzene ring substituents is 1. The number of aryl methyl sites for hydroxylation is 3. The van der Waals surface area contributed by atoms with Crippen molar-refractivity contribution >= 4 is 22.7 Å². The molecule has 9 nitrogen and oxygen atoms in total. The molecule has 158 valence electrons. The minimum atomic E-state index is -0.604. The van der Waals surface area contributed by atoms with Gasteiger partial charge in [-0.05, 0) is 38.0 Å². The van der Waals surface area contributed by atoms with Gasteiger partial charge in [0, 0.05) is 19.0 Å². The van der Waals surface area contributed by atoms with Crippen LogP contribution >= 0.6 is 0 Å². The summed E-state index contributed by atoms with van der Waals surface area (Å²) < 4.78 is 12.1. The third-order valence-electron chi connectivity index (χ3n) is 4.66. The van der Waals surface area contributed by atoms with E-state index in [9.17, 15) is 19.7 Å². The van der Waals surface area contributed by atoms with E-state index >= 15 is 0 Å². The van der Waals surface area contributed by atoms with Crippen molar-refractivity contribution in [2.75, 3.05) is 13.2 Å². The number of fused-ring (bicyclic) bond motifs is 1. The SMILES string of the molecule is Cc1ccc(OCCNC(=O)CCCn2c(=O)oc3cc([N+](=O)[O-])ccc32)c(C)c1. The molecule has 0 saturated heterocycles. The van der Waals surface area contributed by atoms with Gasteiger partial charge in [-0.3, -0.25) is 19.5 Å². The molecule has 0 aliphatic heterocycles. The summed E-state index contributed by atoms with van der Waals surface area (Å²) in [5.74, 6) is 0.0461. The zero-order valence-electron chi connectivity index (χ0n) is 16.8. The molecular weight excluding hydrogens is 390 g/mol. The van der Waals surface area contributed by atoms with Crippen molar-refractivity contribution in [1.29, 1.82) is 0 Å². The van der Waals surface area contributed by atoms with Crippen LogP contribution in [0.5, 0.6) is 5.75 Å². The third kappa shape index (κ3) is 5.05. The minimum Gasteiger partial charge on any atom is -0.491 e. The summed E-state index contributed by atoms with van der Waals surface area (Å²) in [5.41, 5.74) is 2.68. The van der Waals surface area contributed by atoms with Gasteiger partial charge in [0.05, 0.1) is 23.1 Å². The number of nitrogens with one attached hydrogen (secondary N) is 1. The zero-order chi connectivity index (χ0) is 21.7. The highest BCUT2D eigenvalue weighted by Crippen LogP contribution is 2.20. The molecule has 0 unspecified atom stereocenters. The van der Waals surface area contributed by atoms with E-state index in [-0.39, 0.29) is 30.1 Å². The fourth-order valence-electron chi connectivity index (χ4n) is 3.18. The van der Waals surface area contributed by atoms with Crippen LogP contribution in [0.4, 0.5) is 5.69 Å². The third-order valence-corrected chi connectivity index (χ3v) is 4.66. The molecule has 0 radical (unpaired) electrons. The van der Waals surface area contributed by atoms with Gasteiger partial charge in [0.15, 0.2) is 5.58 Å². The molecule has 3 rings (SSSR count). The lowest BCUT2D eigenvalue weighted by Crippen LogP contribution is -2.28. The first-order valence-corrected chi connectivity index (χ1v) is 9.59. The van der Waals surface area contributed by atoms with Gasteiger partial charge in [0.2, 0.25) is 5.91 Å². The number of non-ortho nitro benzene ring substituents is 1. The summed E-state index contributed by atoms with van der Waals surface area (Å²) in [6.07, 6.45) is 0.658. The predicted octanol–water partition coefficient (Wildman–Crippen LogP) is 3.09. The molecule has 0 saturated carbocycles. The molecule has 3 aromatic rings. The van der Waals surface area contributed by atoms with Crippen molar-refractivity contribution in [3.8, 4) is 5.75 Å². The number of hydrogen-bond acceptors (Lipinski definition) is 6. The Morgan fingerprint density at radius 1 is 1.23 bits per heavy atom. The fraction of sp³-hybridized carbons (Fsp3) is 0.333. The van der Waals surface area contributed by atoms with E-state index in [0.717, 1.165) is 16.9 Å². The first-order chi connectivity index (χ1) is 14.3. The Morgan fingerprint density at radius 3 is 2.77 bits per heavy atom. The van der Waals surface area contributed by atoms with Crippen LogP contribution < -0.4 is 15.8 Å². The molecule has 1 aromatic heterocycles. The lowest BCUT2D eigenvalue weighted by molar-refractivity contribution is -0.384. The molecule has 1 heterocycles. The van der Waals surface area contributed by atoms with Crippen LogP contribution in [0.25, 0.3) is 11.1 Å². The van der Waals surface area contributed by atoms with Crippen LogP contribution in [0.3, 0.4) is 0 Å². The molecule has 1 N–H and O–H groups in total. The van der Waals surface area contributed by atoms with E-state index in [2.05, 4.69) is 5.32 Å². The van der Waals surface area contributed by atoms with E-state index in [1.807, 2.05) is 32.0 Å². The van der Waals surface area contributed by atoms with Gasteiger partial charge in [-0.25, -0.2) is 4.79 Å². The van der Waals surface area contributed by atoms with E-state index < -0.39 is 10.7 Å². The Hall–Kier alpha value is -3.62. The Morgan fingerprint density at radius 2 is 2.03 bits per heavy atom. The molecule has 0 aliphatic rings. The number of nitrogens with zero attached hydrogens (tertiary/aromatic N) is 2. The molecule has 9 heteroatoms. The highest BCUT2D eigenvalue weighted by atomic mass is 16.6. The van der Waals surface area contributed by atoms with Crippen LogP contribution in [0, 0.1) is 24.0 Å². The summed E-state index contributed by atoms with van der Waals surface area (Å²) in [6, 6.07) is 9.93. The van der Waals surface area contributed by atoms with E-state index in [4.69, 9.17) is 9.15 Å². The standard InChI is InChI=1S/C21H23N3O6/c1-14-5-8-18(15(2)12-14)29-11-9-22-20(25)4-3-10-23-17-7-6-16(24(27)28)13-19(17)30-21(23)26/h5-8,12-13H,3-4,9-11H2,1-2H3,(H,22,25). The van der Waals surface area contributed by atoms with E-state index in [1.54, 1.807) is 0 Å². The highest BCUT2D eigenvalue weighted by Gasteiger charge is 2.14. The quantitative estimate of drug-likeness (QED) is 0.327. The summed E-state index contributed by atoms with van der Waals surface area (Å²) in [6.45, 7) is 5.00. The molecule has 30 heavy (non-hydrogen) atoms. The summed E-state index contributed by atoms with van der Waals surface area (Å²) in [4.78, 5) is 34.3. The predicted molar refractivity (Wildman–Crippen MR) is 111 cm³/mol. The van der Waals surface area contributed by atoms with Gasteiger partial charge in [0.25, 0.3) is 5.69 Å². The number of carbonyl (C=O) groups is 1. The maximum Gasteiger partial charge on any atom is 0.419 e. The van der Waals surface area contributed by atoms with E-state index in [1.165, 1.54) is 22.8 Å². The average molecular weight is 413 g/mol. The Balaban J connectivity index is 1.45. The van der Waals surface area contributed by atoms with Gasteiger partial charge in [-0.15, -0.1) is 0 Å². The number of hydrogen-bond donors (Lipinski definition) is 1. The summed E-state index contributed by atoms with van der Waals surface area (Å²) >= 11 is 0. The highest BCUT2D eigenvalue weighted by molar-refractivity contribution is 5.76. The minimum absolute atomic E-state index is 0.143. The average Bonchev–Trinajstić information content (AvgIpc) is 3.01. The van der Waals surface area contributed by atoms with Gasteiger partial charge < -0.3 is 14.5 Å². The van der Waals surface area contributed by atoms with Crippen LogP contribution in [0.15, 0.2) is 45.6 Å². The second-order valence-corrected chi connectivity index (χ2v) is 7.00. The number of nitro groups is 1. The second kappa shape index (κ2) is 9.25. The van der Waals surface area contributed by atoms with Gasteiger partial charge in [-0.1, -0.05) is 17.7 Å². The van der Waals surface area contributed by atoms with Crippen LogP contribution in [0.1, 0.15) is 24.0 Å². The van der Waals surface area contributed by atoms with Gasteiger partial charge in [0.1, 0.15) is 12.4 Å². The maximum atomic E-state index is 12.0. The number of ether oxygens (including phenoxy) is 1. The molecule has 1 amide bonds. The lowest BCUT2D eigenvalue weighted by atomic mass is 10.1. The van der Waals surface area contributed by atoms with Crippen LogP contribution in [0.2, 0.25) is 0 Å². The van der Waals surface area contributed by atoms with Crippen molar-refractivity contribution in [2.45, 2.75) is 33.2 Å². The van der Waals surface area contributed by atoms with Crippen molar-refractivity contribution in [3.05, 3.63) is 68.2 Å². The zero-order valence-corrected chi connectivity index (χ0v) is 16.8. The monoisotopic (exact) mass is 413 g/mol. The number of oxazole rings is 1. The topological polar surface area (TPSA) is 117 Å². The molecule has 2 aromatic carbocycles. The molecule has 0 aliphatic carbocycles. The maximum absolute atomic E-state index is 12.0. The largest absolute Gasteiger partial charge is 0.491 e. The van der Waals surface area contributed by atoms with E-state index in [0.29, 0.717) is 25.1 Å². The molecule has 0 fully saturated rings.